The molecule has 668 valence electrons. The second-order valence-electron chi connectivity index (χ2n) is 35.4. The molecular formula is C90H106Cl8N22O6. The number of hydrogen-bond acceptors (Lipinski definition) is 24. The zero-order chi connectivity index (χ0) is 89.1. The number of aromatic nitrogens is 12. The van der Waals surface area contributed by atoms with Crippen LogP contribution in [0.25, 0.3) is 67.1 Å². The van der Waals surface area contributed by atoms with Crippen LogP contribution in [0.3, 0.4) is 0 Å². The largest absolute Gasteiger partial charge is 0.398 e. The Morgan fingerprint density at radius 3 is 1.06 bits per heavy atom. The fraction of sp³-hybridized carbons (Fsp3) is 0.467. The van der Waals surface area contributed by atoms with Crippen LogP contribution in [0.5, 0.6) is 0 Å². The lowest BCUT2D eigenvalue weighted by molar-refractivity contribution is 0.0973. The molecule has 0 unspecified atom stereocenters. The minimum Gasteiger partial charge on any atom is -0.398 e. The second-order valence-corrected chi connectivity index (χ2v) is 38.5. The van der Waals surface area contributed by atoms with Gasteiger partial charge in [-0.05, 0) is 154 Å². The molecule has 36 heteroatoms. The first-order valence-corrected chi connectivity index (χ1v) is 45.9. The van der Waals surface area contributed by atoms with Crippen molar-refractivity contribution >= 4 is 150 Å². The predicted molar refractivity (Wildman–Crippen MR) is 502 cm³/mol. The van der Waals surface area contributed by atoms with Crippen molar-refractivity contribution in [3.63, 3.8) is 0 Å². The van der Waals surface area contributed by atoms with Crippen LogP contribution < -0.4 is 54.0 Å². The first kappa shape index (κ1) is 90.0. The summed E-state index contributed by atoms with van der Waals surface area (Å²) in [5.74, 6) is 6.36. The van der Waals surface area contributed by atoms with Gasteiger partial charge in [-0.1, -0.05) is 141 Å². The zero-order valence-electron chi connectivity index (χ0n) is 71.6. The molecule has 126 heavy (non-hydrogen) atoms. The molecule has 20 rings (SSSR count). The van der Waals surface area contributed by atoms with Gasteiger partial charge in [0.1, 0.15) is 47.4 Å². The minimum absolute atomic E-state index is 0.0291. The van der Waals surface area contributed by atoms with Gasteiger partial charge in [-0.25, -0.2) is 9.97 Å². The zero-order valence-corrected chi connectivity index (χ0v) is 77.6. The standard InChI is InChI=1S/2C23H27Cl2N5O2.2C22H26Cl2N6O/c1-13-21(26)23(12-32-13)6-8-29(9-7-23)18-10-15(11-31)19(22-27-14(2)28-30(18)22)16-4-3-5-17(24)20(16)25;1-13-10-18(29-8-6-23(7-9-29)12-32-14(2)21(23)26)30-17(11-31)27-28-22(30)19(13)15-4-3-5-16(24)20(15)25;1-12-20(26)22(11-31-12)6-8-29(9-7-22)17-10-16(25)18(21-28-27-13(2)30(17)21)14-4-3-5-15(23)19(14)24;1-12-20(26)22(11-31-12)6-8-29(9-7-22)17-10-16(25)18(21-27-13(2)28-30(17)21)14-4-3-5-15(23)19(14)24/h3-5,10,13,21,31H,6-9,11-12,26H2,1-2H3;3-5,10,14,21,31H,6-9,11-12,26H2,1-2H3;2*3-5,10,12,20H,6-9,11,25-26H2,1-2H3/t13-,21+;14-,21+;2*12-,20+/m0000/s1. The van der Waals surface area contributed by atoms with Crippen molar-refractivity contribution in [3.8, 4) is 44.5 Å². The number of ether oxygens (including phenoxy) is 4. The Balaban J connectivity index is 0.000000119. The third-order valence-corrected chi connectivity index (χ3v) is 31.5. The number of rotatable bonds is 10. The monoisotopic (exact) mass is 1870 g/mol. The van der Waals surface area contributed by atoms with Gasteiger partial charge in [0.2, 0.25) is 0 Å². The molecule has 8 saturated heterocycles. The number of aryl methyl sites for hydroxylation is 4. The fourth-order valence-electron chi connectivity index (χ4n) is 20.5. The summed E-state index contributed by atoms with van der Waals surface area (Å²) in [5.41, 5.74) is 51.0. The summed E-state index contributed by atoms with van der Waals surface area (Å²) in [6, 6.07) is 30.4. The molecule has 16 heterocycles. The smallest absolute Gasteiger partial charge is 0.172 e. The molecule has 0 aliphatic carbocycles. The van der Waals surface area contributed by atoms with E-state index in [1.807, 2.05) is 108 Å². The first-order chi connectivity index (χ1) is 60.3. The fourth-order valence-corrected chi connectivity index (χ4v) is 22.0. The van der Waals surface area contributed by atoms with Gasteiger partial charge in [0.25, 0.3) is 0 Å². The summed E-state index contributed by atoms with van der Waals surface area (Å²) >= 11 is 51.2. The molecule has 12 aromatic rings. The van der Waals surface area contributed by atoms with E-state index < -0.39 is 0 Å². The lowest BCUT2D eigenvalue weighted by atomic mass is 9.73. The number of fused-ring (bicyclic) bond motifs is 4. The summed E-state index contributed by atoms with van der Waals surface area (Å²) < 4.78 is 31.2. The van der Waals surface area contributed by atoms with E-state index in [0.29, 0.717) is 91.6 Å². The van der Waals surface area contributed by atoms with Crippen LogP contribution in [0.4, 0.5) is 34.6 Å². The molecule has 4 spiro atoms. The van der Waals surface area contributed by atoms with E-state index in [0.717, 1.165) is 215 Å². The van der Waals surface area contributed by atoms with E-state index >= 15 is 0 Å². The van der Waals surface area contributed by atoms with Crippen LogP contribution >= 0.6 is 92.8 Å². The number of piperidine rings is 4. The van der Waals surface area contributed by atoms with Gasteiger partial charge in [0, 0.05) is 155 Å². The predicted octanol–water partition coefficient (Wildman–Crippen LogP) is 15.5. The Kier molecular flexibility index (Phi) is 25.5. The molecule has 4 aromatic carbocycles. The number of aliphatic hydroxyl groups excluding tert-OH is 2. The van der Waals surface area contributed by atoms with Gasteiger partial charge in [-0.15, -0.1) is 30.6 Å². The Morgan fingerprint density at radius 1 is 0.381 bits per heavy atom. The quantitative estimate of drug-likeness (QED) is 0.0630. The van der Waals surface area contributed by atoms with Gasteiger partial charge in [-0.2, -0.15) is 9.03 Å². The molecule has 8 fully saturated rings. The maximum Gasteiger partial charge on any atom is 0.172 e. The molecule has 8 aliphatic heterocycles. The van der Waals surface area contributed by atoms with E-state index in [1.165, 1.54) is 0 Å². The highest BCUT2D eigenvalue weighted by molar-refractivity contribution is 6.46. The van der Waals surface area contributed by atoms with Gasteiger partial charge in [0.15, 0.2) is 28.4 Å². The molecule has 0 amide bonds. The van der Waals surface area contributed by atoms with Crippen molar-refractivity contribution in [3.05, 3.63) is 172 Å². The Morgan fingerprint density at radius 2 is 0.698 bits per heavy atom. The molecular weight excluding hydrogens is 1770 g/mol. The van der Waals surface area contributed by atoms with Gasteiger partial charge >= 0.3 is 0 Å². The third kappa shape index (κ3) is 16.0. The molecule has 28 nitrogen and oxygen atoms in total. The Labute approximate surface area is 771 Å². The maximum atomic E-state index is 10.3. The van der Waals surface area contributed by atoms with Crippen LogP contribution in [-0.4, -0.2) is 196 Å². The number of nitrogen functional groups attached to an aromatic ring is 2. The normalized spacial score (nSPS) is 23.0. The summed E-state index contributed by atoms with van der Waals surface area (Å²) in [5, 5.41) is 50.8. The van der Waals surface area contributed by atoms with Crippen molar-refractivity contribution < 1.29 is 29.2 Å². The summed E-state index contributed by atoms with van der Waals surface area (Å²) in [6.45, 7) is 25.3. The topological polar surface area (TPSA) is 367 Å². The lowest BCUT2D eigenvalue weighted by Gasteiger charge is -2.42. The molecule has 0 saturated carbocycles. The summed E-state index contributed by atoms with van der Waals surface area (Å²) in [4.78, 5) is 18.6. The van der Waals surface area contributed by atoms with Gasteiger partial charge in [0.05, 0.1) is 109 Å². The molecule has 8 aromatic heterocycles. The van der Waals surface area contributed by atoms with Crippen molar-refractivity contribution in [2.75, 3.05) is 110 Å². The van der Waals surface area contributed by atoms with Crippen molar-refractivity contribution in [2.24, 2.45) is 44.6 Å². The number of nitrogens with two attached hydrogens (primary N) is 6. The third-order valence-electron chi connectivity index (χ3n) is 28.2. The highest BCUT2D eigenvalue weighted by atomic mass is 35.5. The highest BCUT2D eigenvalue weighted by Gasteiger charge is 2.52. The molecule has 8 aliphatic rings. The van der Waals surface area contributed by atoms with Crippen LogP contribution in [0.2, 0.25) is 40.2 Å². The van der Waals surface area contributed by atoms with E-state index in [1.54, 1.807) is 24.3 Å². The Hall–Kier alpha value is -7.92. The minimum atomic E-state index is -0.214. The second kappa shape index (κ2) is 35.7. The SMILES string of the molecule is Cc1cc(N2CCC3(CC2)CO[C@@H](C)[C@H]3N)n2c(CO)nnc2c1-c1cccc(Cl)c1Cl.Cc1nc2c(-c3cccc(Cl)c3Cl)c(CO)cc(N3CCC4(CC3)CO[C@@H](C)[C@H]4N)n2n1.Cc1nc2c(-c3cccc(Cl)c3Cl)c(N)cc(N3CCC4(CC3)CO[C@@H](C)[C@H]4N)n2n1.Cc1nnc2c(-c3cccc(Cl)c3Cl)c(N)cc(N3CCC4(CC3)CO[C@@H](C)[C@H]4N)n12. The lowest BCUT2D eigenvalue weighted by Crippen LogP contribution is -2.51. The van der Waals surface area contributed by atoms with Crippen LogP contribution in [0.1, 0.15) is 113 Å². The van der Waals surface area contributed by atoms with Crippen molar-refractivity contribution in [1.29, 1.82) is 0 Å². The van der Waals surface area contributed by atoms with Crippen LogP contribution in [0, 0.1) is 49.4 Å². The average Bonchev–Trinajstić information content (AvgIpc) is 1.53. The van der Waals surface area contributed by atoms with Crippen molar-refractivity contribution in [1.82, 2.24) is 58.4 Å². The highest BCUT2D eigenvalue weighted by Crippen LogP contribution is 2.51. The van der Waals surface area contributed by atoms with Gasteiger partial charge in [-0.3, -0.25) is 8.80 Å². The van der Waals surface area contributed by atoms with Crippen LogP contribution in [-0.2, 0) is 32.2 Å². The number of pyridine rings is 4. The number of anilines is 6. The van der Waals surface area contributed by atoms with E-state index in [-0.39, 0.29) is 83.5 Å². The number of halogens is 8. The first-order valence-electron chi connectivity index (χ1n) is 42.9. The molecule has 14 N–H and O–H groups in total. The van der Waals surface area contributed by atoms with Gasteiger partial charge < -0.3 is 83.2 Å². The Bertz CT molecular complexity index is 6050. The van der Waals surface area contributed by atoms with E-state index in [4.69, 9.17) is 146 Å². The molecule has 8 atom stereocenters. The molecule has 0 bridgehead atoms. The van der Waals surface area contributed by atoms with E-state index in [9.17, 15) is 10.2 Å². The van der Waals surface area contributed by atoms with Crippen LogP contribution in [0.15, 0.2) is 97.1 Å². The summed E-state index contributed by atoms with van der Waals surface area (Å²) in [6.07, 6.45) is 8.09. The summed E-state index contributed by atoms with van der Waals surface area (Å²) in [7, 11) is 0. The number of nitrogens with zero attached hydrogens (tertiary/aromatic N) is 16. The number of hydrogen-bond donors (Lipinski definition) is 8. The average molecular weight is 1880 g/mol. The number of aliphatic hydroxyl groups is 2. The maximum absolute atomic E-state index is 10.3. The van der Waals surface area contributed by atoms with Crippen molar-refractivity contribution in [2.45, 2.75) is 169 Å². The number of benzene rings is 4. The van der Waals surface area contributed by atoms with E-state index in [2.05, 4.69) is 98.3 Å². The molecule has 0 radical (unpaired) electrons.